The van der Waals surface area contributed by atoms with Gasteiger partial charge in [-0.15, -0.1) is 24.8 Å². The summed E-state index contributed by atoms with van der Waals surface area (Å²) in [6, 6.07) is 6.06. The number of anilines is 1. The maximum Gasteiger partial charge on any atom is 0.238 e. The molecule has 4 nitrogen and oxygen atoms in total. The molecule has 1 amide bonds. The summed E-state index contributed by atoms with van der Waals surface area (Å²) in [7, 11) is 0. The van der Waals surface area contributed by atoms with E-state index in [0.29, 0.717) is 0 Å². The number of benzene rings is 1. The Morgan fingerprint density at radius 3 is 2.62 bits per heavy atom. The van der Waals surface area contributed by atoms with Gasteiger partial charge in [0, 0.05) is 36.8 Å². The molecule has 0 radical (unpaired) electrons. The molecule has 0 bridgehead atoms. The molecule has 0 saturated carbocycles. The highest BCUT2D eigenvalue weighted by Crippen LogP contribution is 2.21. The lowest BCUT2D eigenvalue weighted by Gasteiger charge is -2.27. The van der Waals surface area contributed by atoms with E-state index in [4.69, 9.17) is 5.73 Å². The lowest BCUT2D eigenvalue weighted by atomic mass is 10.1. The fourth-order valence-corrected chi connectivity index (χ4v) is 3.17. The van der Waals surface area contributed by atoms with Crippen LogP contribution in [0.25, 0.3) is 0 Å². The van der Waals surface area contributed by atoms with Gasteiger partial charge in [-0.25, -0.2) is 0 Å². The number of rotatable bonds is 4. The van der Waals surface area contributed by atoms with Crippen LogP contribution in [0.3, 0.4) is 0 Å². The first-order valence-electron chi connectivity index (χ1n) is 6.59. The maximum atomic E-state index is 11.4. The Morgan fingerprint density at radius 1 is 1.33 bits per heavy atom. The van der Waals surface area contributed by atoms with Gasteiger partial charge in [-0.2, -0.15) is 11.8 Å². The van der Waals surface area contributed by atoms with Crippen molar-refractivity contribution in [1.82, 2.24) is 4.90 Å². The van der Waals surface area contributed by atoms with Gasteiger partial charge in [0.1, 0.15) is 0 Å². The molecule has 0 unspecified atom stereocenters. The van der Waals surface area contributed by atoms with E-state index in [1.54, 1.807) is 0 Å². The van der Waals surface area contributed by atoms with Gasteiger partial charge in [0.05, 0.1) is 6.54 Å². The summed E-state index contributed by atoms with van der Waals surface area (Å²) < 4.78 is 0. The molecule has 3 N–H and O–H groups in total. The summed E-state index contributed by atoms with van der Waals surface area (Å²) in [6.07, 6.45) is 0. The molecule has 120 valence electrons. The van der Waals surface area contributed by atoms with Crippen molar-refractivity contribution in [3.63, 3.8) is 0 Å². The number of carbonyl (C=O) groups excluding carboxylic acids is 1. The van der Waals surface area contributed by atoms with Gasteiger partial charge in [-0.1, -0.05) is 12.1 Å². The summed E-state index contributed by atoms with van der Waals surface area (Å²) in [4.78, 5) is 13.9. The minimum absolute atomic E-state index is 0. The highest BCUT2D eigenvalue weighted by Gasteiger charge is 2.13. The molecule has 0 spiro atoms. The summed E-state index contributed by atoms with van der Waals surface area (Å²) in [6.45, 7) is 5.32. The maximum absolute atomic E-state index is 11.4. The zero-order chi connectivity index (χ0) is 13.7. The van der Waals surface area contributed by atoms with Crippen LogP contribution in [0.4, 0.5) is 5.69 Å². The number of hydrogen-bond donors (Lipinski definition) is 2. The van der Waals surface area contributed by atoms with Crippen molar-refractivity contribution < 1.29 is 4.79 Å². The van der Waals surface area contributed by atoms with Gasteiger partial charge in [0.15, 0.2) is 0 Å². The Morgan fingerprint density at radius 2 is 2.00 bits per heavy atom. The van der Waals surface area contributed by atoms with Gasteiger partial charge in [0.2, 0.25) is 5.91 Å². The molecule has 0 aliphatic carbocycles. The SMILES string of the molecule is Cc1c(CN2CCSCC2)cccc1NC(=O)CN.Cl.Cl. The number of nitrogens with zero attached hydrogens (tertiary/aromatic N) is 1. The molecule has 1 aromatic carbocycles. The van der Waals surface area contributed by atoms with Crippen molar-refractivity contribution in [3.05, 3.63) is 29.3 Å². The summed E-state index contributed by atoms with van der Waals surface area (Å²) in [5.74, 6) is 2.28. The van der Waals surface area contributed by atoms with Crippen LogP contribution < -0.4 is 11.1 Å². The number of carbonyl (C=O) groups is 1. The van der Waals surface area contributed by atoms with Crippen molar-refractivity contribution in [3.8, 4) is 0 Å². The smallest absolute Gasteiger partial charge is 0.238 e. The highest BCUT2D eigenvalue weighted by atomic mass is 35.5. The molecule has 2 rings (SSSR count). The van der Waals surface area contributed by atoms with Crippen molar-refractivity contribution in [2.75, 3.05) is 36.5 Å². The van der Waals surface area contributed by atoms with E-state index >= 15 is 0 Å². The van der Waals surface area contributed by atoms with Gasteiger partial charge < -0.3 is 11.1 Å². The summed E-state index contributed by atoms with van der Waals surface area (Å²) >= 11 is 2.02. The monoisotopic (exact) mass is 351 g/mol. The predicted octanol–water partition coefficient (Wildman–Crippen LogP) is 2.28. The highest BCUT2D eigenvalue weighted by molar-refractivity contribution is 7.99. The largest absolute Gasteiger partial charge is 0.325 e. The van der Waals surface area contributed by atoms with Gasteiger partial charge in [0.25, 0.3) is 0 Å². The standard InChI is InChI=1S/C14H21N3OS.2ClH/c1-11-12(10-17-5-7-19-8-6-17)3-2-4-13(11)16-14(18)9-15;;/h2-4H,5-10,15H2,1H3,(H,16,18);2*1H. The summed E-state index contributed by atoms with van der Waals surface area (Å²) in [5, 5.41) is 2.85. The average molecular weight is 352 g/mol. The fourth-order valence-electron chi connectivity index (χ4n) is 2.19. The molecule has 1 aromatic rings. The van der Waals surface area contributed by atoms with Crippen molar-refractivity contribution in [2.24, 2.45) is 5.73 Å². The number of thioether (sulfide) groups is 1. The molecule has 1 saturated heterocycles. The second-order valence-corrected chi connectivity index (χ2v) is 5.96. The second-order valence-electron chi connectivity index (χ2n) is 4.73. The van der Waals surface area contributed by atoms with Gasteiger partial charge in [-0.3, -0.25) is 9.69 Å². The molecule has 1 aliphatic rings. The minimum Gasteiger partial charge on any atom is -0.325 e. The average Bonchev–Trinajstić information content (AvgIpc) is 2.44. The first kappa shape index (κ1) is 20.5. The van der Waals surface area contributed by atoms with E-state index in [9.17, 15) is 4.79 Å². The first-order valence-corrected chi connectivity index (χ1v) is 7.74. The third-order valence-corrected chi connectivity index (χ3v) is 4.35. The van der Waals surface area contributed by atoms with Gasteiger partial charge in [-0.05, 0) is 24.1 Å². The van der Waals surface area contributed by atoms with Crippen LogP contribution in [0.1, 0.15) is 11.1 Å². The second kappa shape index (κ2) is 10.3. The van der Waals surface area contributed by atoms with Crippen LogP contribution in [0.15, 0.2) is 18.2 Å². The van der Waals surface area contributed by atoms with Crippen LogP contribution in [-0.2, 0) is 11.3 Å². The molecule has 1 aliphatic heterocycles. The van der Waals surface area contributed by atoms with Crippen LogP contribution in [0.2, 0.25) is 0 Å². The molecular formula is C14H23Cl2N3OS. The lowest BCUT2D eigenvalue weighted by molar-refractivity contribution is -0.114. The molecular weight excluding hydrogens is 329 g/mol. The first-order chi connectivity index (χ1) is 9.20. The minimum atomic E-state index is -0.144. The van der Waals surface area contributed by atoms with E-state index in [-0.39, 0.29) is 37.3 Å². The molecule has 21 heavy (non-hydrogen) atoms. The third kappa shape index (κ3) is 6.04. The Labute approximate surface area is 143 Å². The van der Waals surface area contributed by atoms with Crippen LogP contribution in [-0.4, -0.2) is 41.9 Å². The van der Waals surface area contributed by atoms with Crippen LogP contribution >= 0.6 is 36.6 Å². The Bertz CT molecular complexity index is 454. The Kier molecular flexibility index (Phi) is 10.1. The number of nitrogens with two attached hydrogens (primary N) is 1. The zero-order valence-corrected chi connectivity index (χ0v) is 14.6. The van der Waals surface area contributed by atoms with Crippen LogP contribution in [0.5, 0.6) is 0 Å². The summed E-state index contributed by atoms with van der Waals surface area (Å²) in [5.41, 5.74) is 8.63. The molecule has 1 fully saturated rings. The van der Waals surface area contributed by atoms with E-state index in [0.717, 1.165) is 30.9 Å². The fraction of sp³-hybridized carbons (Fsp3) is 0.500. The lowest BCUT2D eigenvalue weighted by Crippen LogP contribution is -2.32. The van der Waals surface area contributed by atoms with E-state index in [1.807, 2.05) is 23.9 Å². The van der Waals surface area contributed by atoms with Crippen LogP contribution in [0, 0.1) is 6.92 Å². The third-order valence-electron chi connectivity index (χ3n) is 3.40. The molecule has 0 atom stereocenters. The number of nitrogens with one attached hydrogen (secondary N) is 1. The number of halogens is 2. The number of hydrogen-bond acceptors (Lipinski definition) is 4. The molecule has 0 aromatic heterocycles. The Hall–Kier alpha value is -0.460. The van der Waals surface area contributed by atoms with E-state index in [2.05, 4.69) is 23.2 Å². The Balaban J connectivity index is 0.00000200. The number of amides is 1. The van der Waals surface area contributed by atoms with Crippen molar-refractivity contribution in [1.29, 1.82) is 0 Å². The molecule has 1 heterocycles. The van der Waals surface area contributed by atoms with E-state index in [1.165, 1.54) is 17.1 Å². The van der Waals surface area contributed by atoms with Crippen molar-refractivity contribution in [2.45, 2.75) is 13.5 Å². The molecule has 7 heteroatoms. The quantitative estimate of drug-likeness (QED) is 0.873. The van der Waals surface area contributed by atoms with E-state index < -0.39 is 0 Å². The predicted molar refractivity (Wildman–Crippen MR) is 96.0 cm³/mol. The topological polar surface area (TPSA) is 58.4 Å². The zero-order valence-electron chi connectivity index (χ0n) is 12.1. The van der Waals surface area contributed by atoms with Crippen molar-refractivity contribution >= 4 is 48.2 Å². The normalized spacial score (nSPS) is 14.8. The van der Waals surface area contributed by atoms with Gasteiger partial charge >= 0.3 is 0 Å².